The number of alkyl halides is 2. The highest BCUT2D eigenvalue weighted by molar-refractivity contribution is 5.98. The topological polar surface area (TPSA) is 210 Å². The van der Waals surface area contributed by atoms with Crippen LogP contribution in [0.15, 0.2) is 109 Å². The van der Waals surface area contributed by atoms with Gasteiger partial charge in [-0.3, -0.25) is 38.4 Å². The fraction of sp³-hybridized carbons (Fsp3) is 0.529. The number of halogens is 2. The second-order valence-electron chi connectivity index (χ2n) is 24.6. The van der Waals surface area contributed by atoms with Crippen LogP contribution in [0.2, 0.25) is 0 Å². The van der Waals surface area contributed by atoms with Crippen LogP contribution in [0.25, 0.3) is 11.1 Å². The van der Waals surface area contributed by atoms with Crippen LogP contribution in [-0.4, -0.2) is 169 Å². The number of benzene rings is 4. The molecule has 8 amide bonds. The van der Waals surface area contributed by atoms with Gasteiger partial charge in [-0.1, -0.05) is 137 Å². The number of hydrogen-bond acceptors (Lipinski definition) is 9. The summed E-state index contributed by atoms with van der Waals surface area (Å²) in [4.78, 5) is 117. The number of likely N-dealkylation sites (N-methyl/N-ethyl adjacent to an activating group) is 1. The maximum atomic E-state index is 15.5. The minimum absolute atomic E-state index is 0.0322. The van der Waals surface area contributed by atoms with E-state index in [-0.39, 0.29) is 107 Å². The molecule has 2 saturated carbocycles. The number of amides is 8. The summed E-state index contributed by atoms with van der Waals surface area (Å²) >= 11 is 0. The second-order valence-corrected chi connectivity index (χ2v) is 24.6. The largest absolute Gasteiger partial charge is 0.344 e. The minimum atomic E-state index is -1.31. The molecule has 0 aromatic heterocycles. The number of likely N-dealkylation sites (tertiary alicyclic amines) is 2. The third-order valence-electron chi connectivity index (χ3n) is 18.0. The average molecular weight is 1200 g/mol. The number of nitrogens with one attached hydrogen (secondary N) is 5. The fourth-order valence-corrected chi connectivity index (χ4v) is 12.7. The summed E-state index contributed by atoms with van der Waals surface area (Å²) in [6.07, 6.45) is 7.44. The van der Waals surface area contributed by atoms with Gasteiger partial charge in [-0.2, -0.15) is 0 Å². The Morgan fingerprint density at radius 1 is 0.517 bits per heavy atom. The number of carbonyl (C=O) groups is 8. The van der Waals surface area contributed by atoms with Crippen molar-refractivity contribution in [3.63, 3.8) is 0 Å². The van der Waals surface area contributed by atoms with Gasteiger partial charge in [-0.15, -0.1) is 0 Å². The molecule has 4 aliphatic rings. The van der Waals surface area contributed by atoms with Gasteiger partial charge in [-0.25, -0.2) is 8.78 Å². The van der Waals surface area contributed by atoms with Crippen LogP contribution < -0.4 is 26.6 Å². The van der Waals surface area contributed by atoms with Gasteiger partial charge in [0.15, 0.2) is 0 Å². The van der Waals surface area contributed by atoms with E-state index < -0.39 is 66.2 Å². The number of carbonyl (C=O) groups excluding carboxylic acids is 8. The Hall–Kier alpha value is -7.54. The molecule has 2 aliphatic heterocycles. The number of nitrogens with zero attached hydrogens (tertiary/aromatic N) is 4. The highest BCUT2D eigenvalue weighted by atomic mass is 19.1. The third-order valence-corrected chi connectivity index (χ3v) is 18.0. The lowest BCUT2D eigenvalue weighted by Gasteiger charge is -2.36. The molecular formula is C68H89F2N9O8. The first-order chi connectivity index (χ1) is 42.0. The summed E-state index contributed by atoms with van der Waals surface area (Å²) in [5.74, 6) is -3.45. The number of rotatable bonds is 26. The first kappa shape index (κ1) is 65.4. The molecule has 4 aromatic carbocycles. The van der Waals surface area contributed by atoms with Gasteiger partial charge in [0.05, 0.1) is 44.3 Å². The molecule has 8 rings (SSSR count). The molecule has 4 fully saturated rings. The molecule has 2 heterocycles. The lowest BCUT2D eigenvalue weighted by molar-refractivity contribution is -0.141. The Kier molecular flexibility index (Phi) is 24.0. The summed E-state index contributed by atoms with van der Waals surface area (Å²) in [5, 5.41) is 14.4. The Balaban J connectivity index is 0.874. The quantitative estimate of drug-likeness (QED) is 0.0429. The zero-order valence-corrected chi connectivity index (χ0v) is 51.0. The molecule has 2 saturated heterocycles. The molecule has 17 nitrogen and oxygen atoms in total. The Bertz CT molecular complexity index is 2940. The van der Waals surface area contributed by atoms with Gasteiger partial charge in [0.1, 0.15) is 24.4 Å². The predicted molar refractivity (Wildman–Crippen MR) is 330 cm³/mol. The van der Waals surface area contributed by atoms with Crippen molar-refractivity contribution in [3.8, 4) is 11.1 Å². The van der Waals surface area contributed by atoms with Crippen molar-refractivity contribution < 1.29 is 47.1 Å². The van der Waals surface area contributed by atoms with E-state index in [9.17, 15) is 38.4 Å². The van der Waals surface area contributed by atoms with Crippen molar-refractivity contribution in [1.82, 2.24) is 46.2 Å². The zero-order chi connectivity index (χ0) is 62.0. The molecule has 468 valence electrons. The van der Waals surface area contributed by atoms with Crippen molar-refractivity contribution in [3.05, 3.63) is 131 Å². The van der Waals surface area contributed by atoms with Crippen LogP contribution in [0, 0.1) is 17.8 Å². The molecule has 2 aliphatic carbocycles. The Morgan fingerprint density at radius 3 is 1.26 bits per heavy atom. The lowest BCUT2D eigenvalue weighted by Crippen LogP contribution is -2.58. The number of hydrogen-bond donors (Lipinski definition) is 5. The fourth-order valence-electron chi connectivity index (χ4n) is 12.7. The maximum absolute atomic E-state index is 15.5. The smallest absolute Gasteiger partial charge is 0.251 e. The van der Waals surface area contributed by atoms with E-state index in [1.165, 1.54) is 9.80 Å². The SMILES string of the molecule is CN[C@@H](C)C(=O)N[C@H](C(=O)N1C[C@H](F)C[C@H]1CN(CCc1ccccc1)C(=O)CNC(=O)c1ccc(-c2ccc(C(=O)NCC(=O)N(CCc3ccccc3)C[C@@H]3C[C@@H](F)CN3C(=O)[C@@H](NC(=O)C(C)C)C3CCCCC3)cc2)cc1)C1CCCCC1. The van der Waals surface area contributed by atoms with E-state index in [0.29, 0.717) is 24.0 Å². The van der Waals surface area contributed by atoms with Crippen LogP contribution in [0.1, 0.15) is 130 Å². The molecule has 19 heteroatoms. The van der Waals surface area contributed by atoms with Crippen molar-refractivity contribution in [2.45, 2.75) is 153 Å². The van der Waals surface area contributed by atoms with Gasteiger partial charge in [0.2, 0.25) is 35.4 Å². The van der Waals surface area contributed by atoms with E-state index in [4.69, 9.17) is 0 Å². The van der Waals surface area contributed by atoms with Crippen molar-refractivity contribution >= 4 is 47.3 Å². The van der Waals surface area contributed by atoms with E-state index in [2.05, 4.69) is 26.6 Å². The maximum Gasteiger partial charge on any atom is 0.251 e. The van der Waals surface area contributed by atoms with Gasteiger partial charge >= 0.3 is 0 Å². The molecule has 5 N–H and O–H groups in total. The summed E-state index contributed by atoms with van der Waals surface area (Å²) in [7, 11) is 1.67. The highest BCUT2D eigenvalue weighted by Gasteiger charge is 2.44. The standard InChI is InChI=1S/C68H89F2N9O8/c1-45(2)63(82)74-61(51-21-13-7-14-22-51)67(86)78-41-55(69)37-57(78)43-76(35-33-47-17-9-5-10-18-47)59(80)39-72-65(84)53-29-25-49(26-30-53)50-27-31-54(32-28-50)66(85)73-40-60(81)77(36-34-48-19-11-6-12-20-48)44-58-38-56(70)42-79(58)68(87)62(52-23-15-8-16-24-52)75-64(83)46(3)71-4/h5-6,9-12,17-20,25-32,45-46,51-52,55-58,61-62,71H,7-8,13-16,21-24,33-44H2,1-4H3,(H,72,84)(H,73,85)(H,74,82)(H,75,83)/t46-,55+,56+,57-,58-,61-,62-/m0/s1. The van der Waals surface area contributed by atoms with Crippen LogP contribution in [0.5, 0.6) is 0 Å². The second kappa shape index (κ2) is 31.9. The molecular weight excluding hydrogens is 1110 g/mol. The van der Waals surface area contributed by atoms with E-state index in [1.54, 1.807) is 86.1 Å². The molecule has 0 bridgehead atoms. The van der Waals surface area contributed by atoms with Crippen molar-refractivity contribution in [1.29, 1.82) is 0 Å². The monoisotopic (exact) mass is 1200 g/mol. The molecule has 87 heavy (non-hydrogen) atoms. The Labute approximate surface area is 511 Å². The lowest BCUT2D eigenvalue weighted by atomic mass is 9.83. The first-order valence-electron chi connectivity index (χ1n) is 31.5. The third kappa shape index (κ3) is 18.3. The molecule has 7 atom stereocenters. The molecule has 0 spiro atoms. The first-order valence-corrected chi connectivity index (χ1v) is 31.5. The Morgan fingerprint density at radius 2 is 0.897 bits per heavy atom. The van der Waals surface area contributed by atoms with Crippen molar-refractivity contribution in [2.75, 3.05) is 59.4 Å². The summed E-state index contributed by atoms with van der Waals surface area (Å²) in [6.45, 7) is 4.93. The van der Waals surface area contributed by atoms with Crippen LogP contribution in [0.3, 0.4) is 0 Å². The van der Waals surface area contributed by atoms with Gasteiger partial charge in [0, 0.05) is 56.1 Å². The van der Waals surface area contributed by atoms with E-state index >= 15 is 8.78 Å². The predicted octanol–water partition coefficient (Wildman–Crippen LogP) is 7.23. The van der Waals surface area contributed by atoms with Crippen molar-refractivity contribution in [2.24, 2.45) is 17.8 Å². The summed E-state index contributed by atoms with van der Waals surface area (Å²) in [6, 6.07) is 29.4. The van der Waals surface area contributed by atoms with E-state index in [1.807, 2.05) is 60.7 Å². The molecule has 0 unspecified atom stereocenters. The minimum Gasteiger partial charge on any atom is -0.344 e. The average Bonchev–Trinajstić information content (AvgIpc) is 2.63. The highest BCUT2D eigenvalue weighted by Crippen LogP contribution is 2.33. The van der Waals surface area contributed by atoms with Gasteiger partial charge < -0.3 is 46.2 Å². The van der Waals surface area contributed by atoms with Gasteiger partial charge in [-0.05, 0) is 111 Å². The van der Waals surface area contributed by atoms with Gasteiger partial charge in [0.25, 0.3) is 11.8 Å². The summed E-state index contributed by atoms with van der Waals surface area (Å²) < 4.78 is 30.9. The normalized spacial score (nSPS) is 20.0. The molecule has 4 aromatic rings. The zero-order valence-electron chi connectivity index (χ0n) is 51.0. The van der Waals surface area contributed by atoms with E-state index in [0.717, 1.165) is 86.5 Å². The van der Waals surface area contributed by atoms with Crippen LogP contribution in [-0.2, 0) is 41.6 Å². The summed E-state index contributed by atoms with van der Waals surface area (Å²) in [5.41, 5.74) is 4.06. The van der Waals surface area contributed by atoms with Crippen LogP contribution in [0.4, 0.5) is 8.78 Å². The van der Waals surface area contributed by atoms with Crippen LogP contribution >= 0.6 is 0 Å². The molecule has 0 radical (unpaired) electrons.